The lowest BCUT2D eigenvalue weighted by Crippen LogP contribution is -2.61. The van der Waals surface area contributed by atoms with E-state index in [9.17, 15) is 9.90 Å². The molecule has 1 saturated heterocycles. The second kappa shape index (κ2) is 9.27. The second-order valence-electron chi connectivity index (χ2n) is 4.18. The van der Waals surface area contributed by atoms with Crippen LogP contribution in [-0.4, -0.2) is 79.9 Å². The molecule has 2 atom stereocenters. The zero-order chi connectivity index (χ0) is 14.0. The van der Waals surface area contributed by atoms with Crippen molar-refractivity contribution in [3.05, 3.63) is 0 Å². The molecule has 1 rings (SSSR count). The number of ether oxygens (including phenoxy) is 2. The Balaban J connectivity index is 0.00000137. The van der Waals surface area contributed by atoms with Crippen molar-refractivity contribution < 1.29 is 29.0 Å². The molecule has 0 aromatic carbocycles. The smallest absolute Gasteiger partial charge is 0.362 e. The summed E-state index contributed by atoms with van der Waals surface area (Å²) in [6.45, 7) is 6.28. The molecule has 0 radical (unpaired) electrons. The van der Waals surface area contributed by atoms with Crippen LogP contribution < -0.4 is 0 Å². The van der Waals surface area contributed by atoms with Gasteiger partial charge in [0.05, 0.1) is 13.2 Å². The van der Waals surface area contributed by atoms with E-state index in [-0.39, 0.29) is 25.7 Å². The first-order valence-electron chi connectivity index (χ1n) is 6.40. The van der Waals surface area contributed by atoms with Gasteiger partial charge in [-0.1, -0.05) is 13.8 Å². The lowest BCUT2D eigenvalue weighted by atomic mass is 10.2. The van der Waals surface area contributed by atoms with Gasteiger partial charge in [-0.25, -0.2) is 4.79 Å². The van der Waals surface area contributed by atoms with Crippen LogP contribution in [0.4, 0.5) is 0 Å². The van der Waals surface area contributed by atoms with Crippen LogP contribution in [0.3, 0.4) is 0 Å². The van der Waals surface area contributed by atoms with Crippen LogP contribution in [0.15, 0.2) is 0 Å². The van der Waals surface area contributed by atoms with Gasteiger partial charge in [-0.15, -0.1) is 0 Å². The van der Waals surface area contributed by atoms with E-state index >= 15 is 0 Å². The van der Waals surface area contributed by atoms with E-state index in [1.54, 1.807) is 0 Å². The molecule has 108 valence electrons. The van der Waals surface area contributed by atoms with E-state index in [0.717, 1.165) is 0 Å². The molecule has 0 aromatic rings. The van der Waals surface area contributed by atoms with E-state index in [1.807, 2.05) is 13.8 Å². The Morgan fingerprint density at radius 1 is 1.50 bits per heavy atom. The molecular formula is C12H26NO5+. The Kier molecular flexibility index (Phi) is 8.91. The van der Waals surface area contributed by atoms with Gasteiger partial charge in [0.15, 0.2) is 6.54 Å². The molecule has 1 fully saturated rings. The van der Waals surface area contributed by atoms with E-state index in [1.165, 1.54) is 7.11 Å². The van der Waals surface area contributed by atoms with Crippen molar-refractivity contribution >= 4 is 5.97 Å². The van der Waals surface area contributed by atoms with Crippen LogP contribution >= 0.6 is 0 Å². The fraction of sp³-hybridized carbons (Fsp3) is 0.917. The largest absolute Gasteiger partial charge is 0.456 e. The topological polar surface area (TPSA) is 76.0 Å². The number of aliphatic hydroxyl groups excluding tert-OH is 2. The van der Waals surface area contributed by atoms with E-state index in [2.05, 4.69) is 0 Å². The number of methoxy groups -OCH3 is 1. The highest BCUT2D eigenvalue weighted by molar-refractivity contribution is 5.71. The summed E-state index contributed by atoms with van der Waals surface area (Å²) in [5, 5.41) is 18.7. The normalized spacial score (nSPS) is 24.8. The molecule has 6 heteroatoms. The van der Waals surface area contributed by atoms with Crippen LogP contribution in [0, 0.1) is 0 Å². The third-order valence-electron chi connectivity index (χ3n) is 2.82. The average molecular weight is 264 g/mol. The molecule has 0 amide bonds. The summed E-state index contributed by atoms with van der Waals surface area (Å²) in [5.74, 6) is -0.274. The van der Waals surface area contributed by atoms with Crippen LogP contribution in [-0.2, 0) is 14.3 Å². The first kappa shape index (κ1) is 17.3. The molecule has 0 saturated carbocycles. The Labute approximate surface area is 109 Å². The third kappa shape index (κ3) is 5.77. The highest BCUT2D eigenvalue weighted by Crippen LogP contribution is 2.13. The zero-order valence-corrected chi connectivity index (χ0v) is 11.6. The van der Waals surface area contributed by atoms with Crippen molar-refractivity contribution in [3.63, 3.8) is 0 Å². The summed E-state index contributed by atoms with van der Waals surface area (Å²) in [7, 11) is 1.52. The molecular weight excluding hydrogens is 238 g/mol. The molecule has 0 aromatic heterocycles. The lowest BCUT2D eigenvalue weighted by molar-refractivity contribution is -0.928. The third-order valence-corrected chi connectivity index (χ3v) is 2.82. The summed E-state index contributed by atoms with van der Waals surface area (Å²) < 4.78 is 10.1. The van der Waals surface area contributed by atoms with Gasteiger partial charge >= 0.3 is 5.97 Å². The Bertz CT molecular complexity index is 233. The van der Waals surface area contributed by atoms with Gasteiger partial charge in [-0.2, -0.15) is 0 Å². The Morgan fingerprint density at radius 2 is 2.17 bits per heavy atom. The zero-order valence-electron chi connectivity index (χ0n) is 11.6. The van der Waals surface area contributed by atoms with Gasteiger partial charge in [0, 0.05) is 7.11 Å². The summed E-state index contributed by atoms with van der Waals surface area (Å²) in [5.41, 5.74) is 0. The molecule has 0 aliphatic carbocycles. The number of cyclic esters (lactones) is 1. The predicted molar refractivity (Wildman–Crippen MR) is 67.0 cm³/mol. The van der Waals surface area contributed by atoms with Crippen LogP contribution in [0.2, 0.25) is 0 Å². The van der Waals surface area contributed by atoms with Crippen molar-refractivity contribution in [1.29, 1.82) is 0 Å². The van der Waals surface area contributed by atoms with Gasteiger partial charge in [-0.05, 0) is 0 Å². The minimum atomic E-state index is -0.623. The Morgan fingerprint density at radius 3 is 2.67 bits per heavy atom. The summed E-state index contributed by atoms with van der Waals surface area (Å²) in [6, 6.07) is 0. The maximum Gasteiger partial charge on any atom is 0.362 e. The van der Waals surface area contributed by atoms with Crippen molar-refractivity contribution in [2.45, 2.75) is 20.0 Å². The number of hydrogen-bond acceptors (Lipinski definition) is 5. The first-order valence-corrected chi connectivity index (χ1v) is 6.40. The lowest BCUT2D eigenvalue weighted by Gasteiger charge is -2.40. The summed E-state index contributed by atoms with van der Waals surface area (Å²) in [4.78, 5) is 11.3. The second-order valence-corrected chi connectivity index (χ2v) is 4.18. The number of rotatable bonds is 6. The minimum absolute atomic E-state index is 0.00696. The van der Waals surface area contributed by atoms with Gasteiger partial charge in [0.1, 0.15) is 32.3 Å². The van der Waals surface area contributed by atoms with Crippen LogP contribution in [0.5, 0.6) is 0 Å². The van der Waals surface area contributed by atoms with Crippen LogP contribution in [0.1, 0.15) is 13.8 Å². The van der Waals surface area contributed by atoms with E-state index in [0.29, 0.717) is 30.7 Å². The number of carbonyl (C=O) groups is 1. The Hall–Kier alpha value is -0.690. The highest BCUT2D eigenvalue weighted by atomic mass is 16.5. The number of quaternary nitrogens is 1. The molecule has 2 unspecified atom stereocenters. The van der Waals surface area contributed by atoms with Crippen molar-refractivity contribution in [1.82, 2.24) is 0 Å². The number of hydrogen-bond donors (Lipinski definition) is 2. The minimum Gasteiger partial charge on any atom is -0.456 e. The van der Waals surface area contributed by atoms with Gasteiger partial charge in [-0.3, -0.25) is 0 Å². The van der Waals surface area contributed by atoms with Crippen molar-refractivity contribution in [2.75, 3.05) is 53.1 Å². The monoisotopic (exact) mass is 264 g/mol. The fourth-order valence-corrected chi connectivity index (χ4v) is 2.09. The number of esters is 1. The van der Waals surface area contributed by atoms with Gasteiger partial charge in [0.25, 0.3) is 0 Å². The molecule has 1 aliphatic heterocycles. The average Bonchev–Trinajstić information content (AvgIpc) is 2.31. The molecule has 0 bridgehead atoms. The van der Waals surface area contributed by atoms with Gasteiger partial charge in [0.2, 0.25) is 0 Å². The van der Waals surface area contributed by atoms with Crippen molar-refractivity contribution in [2.24, 2.45) is 0 Å². The number of aliphatic hydroxyl groups is 2. The standard InChI is InChI=1S/C10H20NO5.C2H6/c1-15-8-9(13)6-11(2-4-12)3-5-16-10(14)7-11;1-2/h9,12-13H,2-8H2,1H3;1-2H3/q+1;. The first-order chi connectivity index (χ1) is 8.62. The number of nitrogens with zero attached hydrogens (tertiary/aromatic N) is 1. The molecule has 0 spiro atoms. The van der Waals surface area contributed by atoms with E-state index in [4.69, 9.17) is 14.6 Å². The quantitative estimate of drug-likeness (QED) is 0.494. The number of morpholine rings is 1. The molecule has 2 N–H and O–H groups in total. The van der Waals surface area contributed by atoms with Gasteiger partial charge < -0.3 is 24.2 Å². The fourth-order valence-electron chi connectivity index (χ4n) is 2.09. The van der Waals surface area contributed by atoms with Crippen molar-refractivity contribution in [3.8, 4) is 0 Å². The molecule has 6 nitrogen and oxygen atoms in total. The summed E-state index contributed by atoms with van der Waals surface area (Å²) >= 11 is 0. The predicted octanol–water partition coefficient (Wildman–Crippen LogP) is -0.614. The van der Waals surface area contributed by atoms with Crippen LogP contribution in [0.25, 0.3) is 0 Å². The molecule has 18 heavy (non-hydrogen) atoms. The highest BCUT2D eigenvalue weighted by Gasteiger charge is 2.36. The summed E-state index contributed by atoms with van der Waals surface area (Å²) in [6.07, 6.45) is -0.623. The maximum atomic E-state index is 11.3. The maximum absolute atomic E-state index is 11.3. The molecule has 1 aliphatic rings. The number of carbonyl (C=O) groups excluding carboxylic acids is 1. The molecule has 1 heterocycles. The SMILES string of the molecule is CC.COCC(O)C[N+]1(CCO)CCOC(=O)C1. The van der Waals surface area contributed by atoms with E-state index < -0.39 is 6.10 Å².